The predicted octanol–water partition coefficient (Wildman–Crippen LogP) is -7.87. The Morgan fingerprint density at radius 1 is 0.429 bits per heavy atom. The van der Waals surface area contributed by atoms with E-state index in [1.807, 2.05) is 0 Å². The van der Waals surface area contributed by atoms with Gasteiger partial charge in [0.1, 0.15) is 0 Å². The fourth-order valence-electron chi connectivity index (χ4n) is 1.59. The molecule has 0 radical (unpaired) electrons. The molecule has 0 rings (SSSR count). The molecule has 0 aromatic rings. The molecule has 240 valence electrons. The Morgan fingerprint density at radius 2 is 0.548 bits per heavy atom. The smallest absolute Gasteiger partial charge is 0.548 e. The molecular formula is C20H33ClN4O16Zr. The number of carboxylic acids is 8. The maximum atomic E-state index is 9.88. The van der Waals surface area contributed by atoms with E-state index >= 15 is 0 Å². The zero-order valence-electron chi connectivity index (χ0n) is 21.9. The molecule has 0 spiro atoms. The van der Waals surface area contributed by atoms with Gasteiger partial charge in [-0.25, -0.2) is 0 Å². The van der Waals surface area contributed by atoms with Crippen LogP contribution in [-0.4, -0.2) is 92.3 Å². The van der Waals surface area contributed by atoms with Gasteiger partial charge in [-0.1, -0.05) is 0 Å². The van der Waals surface area contributed by atoms with Crippen molar-refractivity contribution in [1.82, 2.24) is 0 Å². The number of rotatable bonds is 16. The standard InChI is InChI=1S/4C5H9NO4.ClH.Zr/c4*6-3(5(9)10)1-2-4(7)8;;/h4*3H,1-2,6H2,(H,7,8)(H,9,10);1H;/q;;;;;+4/p-4/t4*3-;;/m0000../s1. The molecule has 0 aliphatic carbocycles. The molecule has 42 heavy (non-hydrogen) atoms. The largest absolute Gasteiger partial charge is 4.00 e. The van der Waals surface area contributed by atoms with Crippen LogP contribution in [0.15, 0.2) is 0 Å². The summed E-state index contributed by atoms with van der Waals surface area (Å²) in [6.45, 7) is 0. The van der Waals surface area contributed by atoms with Crippen molar-refractivity contribution >= 4 is 60.2 Å². The minimum Gasteiger partial charge on any atom is -0.548 e. The Kier molecular flexibility index (Phi) is 37.7. The molecule has 0 saturated carbocycles. The summed E-state index contributed by atoms with van der Waals surface area (Å²) < 4.78 is 0. The van der Waals surface area contributed by atoms with Crippen molar-refractivity contribution in [3.05, 3.63) is 0 Å². The van der Waals surface area contributed by atoms with Crippen molar-refractivity contribution in [2.45, 2.75) is 75.5 Å². The summed E-state index contributed by atoms with van der Waals surface area (Å²) in [5, 5.41) is 71.8. The fraction of sp³-hybridized carbons (Fsp3) is 0.600. The summed E-state index contributed by atoms with van der Waals surface area (Å²) in [6, 6.07) is -4.68. The summed E-state index contributed by atoms with van der Waals surface area (Å²) in [5.74, 6) is -9.90. The van der Waals surface area contributed by atoms with Crippen LogP contribution in [0.25, 0.3) is 0 Å². The Morgan fingerprint density at radius 3 is 0.619 bits per heavy atom. The van der Waals surface area contributed by atoms with Crippen molar-refractivity contribution in [2.24, 2.45) is 22.9 Å². The van der Waals surface area contributed by atoms with Gasteiger partial charge in [0.2, 0.25) is 0 Å². The van der Waals surface area contributed by atoms with Gasteiger partial charge in [0, 0.05) is 49.9 Å². The molecule has 0 saturated heterocycles. The van der Waals surface area contributed by atoms with Crippen molar-refractivity contribution in [2.75, 3.05) is 0 Å². The molecule has 0 heterocycles. The normalized spacial score (nSPS) is 11.9. The quantitative estimate of drug-likeness (QED) is 0.0736. The monoisotopic (exact) mass is 710 g/mol. The number of carbonyl (C=O) groups excluding carboxylic acids is 4. The average molecular weight is 712 g/mol. The van der Waals surface area contributed by atoms with Crippen LogP contribution in [0.5, 0.6) is 0 Å². The van der Waals surface area contributed by atoms with Crippen LogP contribution in [0.1, 0.15) is 51.4 Å². The average Bonchev–Trinajstić information content (AvgIpc) is 2.83. The molecule has 0 aromatic heterocycles. The number of carbonyl (C=O) groups is 8. The first-order chi connectivity index (χ1) is 18.1. The zero-order valence-corrected chi connectivity index (χ0v) is 25.1. The van der Waals surface area contributed by atoms with E-state index in [0.29, 0.717) is 0 Å². The van der Waals surface area contributed by atoms with Crippen LogP contribution >= 0.6 is 12.4 Å². The van der Waals surface area contributed by atoms with Crippen LogP contribution in [0, 0.1) is 0 Å². The molecule has 0 bridgehead atoms. The van der Waals surface area contributed by atoms with Gasteiger partial charge in [-0.2, -0.15) is 0 Å². The molecule has 0 fully saturated rings. The van der Waals surface area contributed by atoms with Gasteiger partial charge in [0.05, 0.1) is 23.9 Å². The van der Waals surface area contributed by atoms with Crippen molar-refractivity contribution < 1.29 is 105 Å². The number of carboxylic acid groups (broad SMARTS) is 8. The van der Waals surface area contributed by atoms with E-state index in [4.69, 9.17) is 43.4 Å². The molecule has 0 amide bonds. The molecule has 0 aliphatic rings. The minimum atomic E-state index is -1.42. The third kappa shape index (κ3) is 43.8. The Balaban J connectivity index is -0.000000101. The van der Waals surface area contributed by atoms with Gasteiger partial charge in [0.15, 0.2) is 0 Å². The van der Waals surface area contributed by atoms with E-state index in [9.17, 15) is 58.8 Å². The maximum Gasteiger partial charge on any atom is 4.00 e. The second kappa shape index (κ2) is 30.7. The first-order valence-electron chi connectivity index (χ1n) is 10.9. The Bertz CT molecular complexity index is 728. The summed E-state index contributed by atoms with van der Waals surface area (Å²) in [5.41, 5.74) is 19.8. The van der Waals surface area contributed by atoms with E-state index in [2.05, 4.69) is 0 Å². The number of halogens is 1. The number of aliphatic carboxylic acids is 8. The second-order valence-electron chi connectivity index (χ2n) is 7.43. The molecule has 22 heteroatoms. The summed E-state index contributed by atoms with van der Waals surface area (Å²) in [4.78, 5) is 79.0. The summed E-state index contributed by atoms with van der Waals surface area (Å²) in [6.07, 6.45) is -1.31. The maximum absolute atomic E-state index is 9.88. The van der Waals surface area contributed by atoms with Gasteiger partial charge < -0.3 is 83.0 Å². The van der Waals surface area contributed by atoms with Gasteiger partial charge in [-0.15, -0.1) is 12.4 Å². The number of hydrogen-bond donors (Lipinski definition) is 8. The van der Waals surface area contributed by atoms with Crippen molar-refractivity contribution in [3.8, 4) is 0 Å². The first kappa shape index (κ1) is 51.5. The van der Waals surface area contributed by atoms with Crippen LogP contribution < -0.4 is 43.4 Å². The number of hydrogen-bond acceptors (Lipinski definition) is 16. The summed E-state index contributed by atoms with van der Waals surface area (Å²) in [7, 11) is 0. The second-order valence-corrected chi connectivity index (χ2v) is 7.43. The van der Waals surface area contributed by atoms with Gasteiger partial charge in [-0.05, 0) is 25.7 Å². The fourth-order valence-corrected chi connectivity index (χ4v) is 1.59. The predicted molar refractivity (Wildman–Crippen MR) is 127 cm³/mol. The SMILES string of the molecule is Cl.N[C@@H](CCC(=O)O)C(=O)[O-].N[C@@H](CCC(=O)O)C(=O)[O-].N[C@@H](CCC(=O)O)C(=O)[O-].N[C@@H](CCC(=O)O)C(=O)[O-].[Zr+4]. The third-order valence-electron chi connectivity index (χ3n) is 3.89. The Labute approximate surface area is 263 Å². The van der Waals surface area contributed by atoms with Crippen LogP contribution in [-0.2, 0) is 64.6 Å². The van der Waals surface area contributed by atoms with Crippen LogP contribution in [0.2, 0.25) is 0 Å². The van der Waals surface area contributed by atoms with Crippen molar-refractivity contribution in [1.29, 1.82) is 0 Å². The molecule has 4 atom stereocenters. The molecular weight excluding hydrogens is 679 g/mol. The van der Waals surface area contributed by atoms with Gasteiger partial charge >= 0.3 is 50.1 Å². The molecule has 0 unspecified atom stereocenters. The Hall–Kier alpha value is -3.23. The van der Waals surface area contributed by atoms with Gasteiger partial charge in [0.25, 0.3) is 0 Å². The van der Waals surface area contributed by atoms with Gasteiger partial charge in [-0.3, -0.25) is 19.2 Å². The third-order valence-corrected chi connectivity index (χ3v) is 3.89. The van der Waals surface area contributed by atoms with E-state index in [1.165, 1.54) is 0 Å². The van der Waals surface area contributed by atoms with Crippen LogP contribution in [0.3, 0.4) is 0 Å². The van der Waals surface area contributed by atoms with E-state index in [1.54, 1.807) is 0 Å². The van der Waals surface area contributed by atoms with Crippen LogP contribution in [0.4, 0.5) is 0 Å². The molecule has 20 nitrogen and oxygen atoms in total. The number of nitrogens with two attached hydrogens (primary N) is 4. The van der Waals surface area contributed by atoms with E-state index in [-0.39, 0.29) is 90.0 Å². The first-order valence-corrected chi connectivity index (χ1v) is 10.9. The van der Waals surface area contributed by atoms with E-state index < -0.39 is 71.9 Å². The van der Waals surface area contributed by atoms with Crippen molar-refractivity contribution in [3.63, 3.8) is 0 Å². The summed E-state index contributed by atoms with van der Waals surface area (Å²) >= 11 is 0. The molecule has 0 aliphatic heterocycles. The molecule has 12 N–H and O–H groups in total. The zero-order chi connectivity index (χ0) is 32.6. The van der Waals surface area contributed by atoms with E-state index in [0.717, 1.165) is 0 Å². The molecule has 0 aromatic carbocycles. The minimum absolute atomic E-state index is 0. The topological polar surface area (TPSA) is 414 Å².